The molecule has 90 valence electrons. The quantitative estimate of drug-likeness (QED) is 0.750. The molecule has 2 nitrogen and oxygen atoms in total. The Morgan fingerprint density at radius 2 is 1.89 bits per heavy atom. The number of fused-ring (bicyclic) bond motifs is 1. The summed E-state index contributed by atoms with van der Waals surface area (Å²) in [5.41, 5.74) is 9.09. The Balaban J connectivity index is 2.09. The molecular formula is C15H12ClNO. The Bertz CT molecular complexity index is 690. The largest absolute Gasteiger partial charge is 0.464 e. The molecule has 0 aliphatic heterocycles. The van der Waals surface area contributed by atoms with Gasteiger partial charge in [-0.15, -0.1) is 0 Å². The molecule has 1 heterocycles. The molecule has 1 atom stereocenters. The molecule has 1 unspecified atom stereocenters. The molecular weight excluding hydrogens is 246 g/mol. The Morgan fingerprint density at radius 3 is 2.72 bits per heavy atom. The number of halogens is 1. The standard InChI is InChI=1S/C15H12ClNO/c16-11-5-3-4-10(8-11)15(17)13-9-18-14-7-2-1-6-12(13)14/h1-9,15H,17H2. The lowest BCUT2D eigenvalue weighted by molar-refractivity contribution is 0.607. The van der Waals surface area contributed by atoms with E-state index in [1.54, 1.807) is 6.26 Å². The van der Waals surface area contributed by atoms with Crippen LogP contribution in [0.5, 0.6) is 0 Å². The summed E-state index contributed by atoms with van der Waals surface area (Å²) in [4.78, 5) is 0. The number of hydrogen-bond donors (Lipinski definition) is 1. The summed E-state index contributed by atoms with van der Waals surface area (Å²) in [5.74, 6) is 0. The smallest absolute Gasteiger partial charge is 0.134 e. The van der Waals surface area contributed by atoms with E-state index in [1.165, 1.54) is 0 Å². The first-order valence-corrected chi connectivity index (χ1v) is 6.10. The van der Waals surface area contributed by atoms with Crippen LogP contribution in [0.3, 0.4) is 0 Å². The first kappa shape index (κ1) is 11.3. The van der Waals surface area contributed by atoms with Gasteiger partial charge in [-0.25, -0.2) is 0 Å². The molecule has 18 heavy (non-hydrogen) atoms. The summed E-state index contributed by atoms with van der Waals surface area (Å²) in [7, 11) is 0. The zero-order valence-corrected chi connectivity index (χ0v) is 10.4. The molecule has 2 N–H and O–H groups in total. The Kier molecular flexibility index (Phi) is 2.82. The van der Waals surface area contributed by atoms with Crippen LogP contribution in [0.2, 0.25) is 5.02 Å². The highest BCUT2D eigenvalue weighted by molar-refractivity contribution is 6.30. The predicted octanol–water partition coefficient (Wildman–Crippen LogP) is 4.13. The summed E-state index contributed by atoms with van der Waals surface area (Å²) < 4.78 is 5.51. The summed E-state index contributed by atoms with van der Waals surface area (Å²) in [5, 5.41) is 1.74. The lowest BCUT2D eigenvalue weighted by atomic mass is 9.99. The van der Waals surface area contributed by atoms with Gasteiger partial charge >= 0.3 is 0 Å². The first-order chi connectivity index (χ1) is 8.75. The van der Waals surface area contributed by atoms with Crippen LogP contribution in [-0.2, 0) is 0 Å². The topological polar surface area (TPSA) is 39.2 Å². The Labute approximate surface area is 110 Å². The van der Waals surface area contributed by atoms with Crippen molar-refractivity contribution in [3.8, 4) is 0 Å². The fraction of sp³-hybridized carbons (Fsp3) is 0.0667. The molecule has 0 amide bonds. The van der Waals surface area contributed by atoms with Crippen LogP contribution in [0.1, 0.15) is 17.2 Å². The summed E-state index contributed by atoms with van der Waals surface area (Å²) in [6, 6.07) is 15.2. The molecule has 0 aliphatic carbocycles. The van der Waals surface area contributed by atoms with Gasteiger partial charge in [0.25, 0.3) is 0 Å². The SMILES string of the molecule is NC(c1cccc(Cl)c1)c1coc2ccccc12. The molecule has 0 aliphatic rings. The molecule has 3 aromatic rings. The number of benzene rings is 2. The molecule has 0 saturated heterocycles. The second kappa shape index (κ2) is 4.48. The maximum absolute atomic E-state index is 6.28. The van der Waals surface area contributed by atoms with Gasteiger partial charge in [0.1, 0.15) is 5.58 Å². The lowest BCUT2D eigenvalue weighted by Gasteiger charge is -2.10. The lowest BCUT2D eigenvalue weighted by Crippen LogP contribution is -2.11. The number of hydrogen-bond acceptors (Lipinski definition) is 2. The zero-order chi connectivity index (χ0) is 12.5. The van der Waals surface area contributed by atoms with Crippen molar-refractivity contribution < 1.29 is 4.42 Å². The van der Waals surface area contributed by atoms with Gasteiger partial charge in [-0.2, -0.15) is 0 Å². The van der Waals surface area contributed by atoms with E-state index in [0.717, 1.165) is 22.1 Å². The monoisotopic (exact) mass is 257 g/mol. The van der Waals surface area contributed by atoms with Crippen LogP contribution in [0.25, 0.3) is 11.0 Å². The third-order valence-corrected chi connectivity index (χ3v) is 3.29. The van der Waals surface area contributed by atoms with Gasteiger partial charge in [-0.3, -0.25) is 0 Å². The third-order valence-electron chi connectivity index (χ3n) is 3.05. The number of nitrogens with two attached hydrogens (primary N) is 1. The van der Waals surface area contributed by atoms with Crippen molar-refractivity contribution in [2.45, 2.75) is 6.04 Å². The fourth-order valence-electron chi connectivity index (χ4n) is 2.12. The van der Waals surface area contributed by atoms with Crippen molar-refractivity contribution in [2.75, 3.05) is 0 Å². The van der Waals surface area contributed by atoms with Crippen LogP contribution >= 0.6 is 11.6 Å². The van der Waals surface area contributed by atoms with E-state index in [1.807, 2.05) is 48.5 Å². The number of para-hydroxylation sites is 1. The minimum absolute atomic E-state index is 0.229. The van der Waals surface area contributed by atoms with Crippen LogP contribution in [0.15, 0.2) is 59.2 Å². The maximum Gasteiger partial charge on any atom is 0.134 e. The molecule has 3 rings (SSSR count). The first-order valence-electron chi connectivity index (χ1n) is 5.73. The summed E-state index contributed by atoms with van der Waals surface area (Å²) >= 11 is 5.99. The van der Waals surface area contributed by atoms with E-state index in [0.29, 0.717) is 5.02 Å². The van der Waals surface area contributed by atoms with Gasteiger partial charge in [0.15, 0.2) is 0 Å². The third kappa shape index (κ3) is 1.90. The van der Waals surface area contributed by atoms with Crippen molar-refractivity contribution >= 4 is 22.6 Å². The molecule has 0 fully saturated rings. The highest BCUT2D eigenvalue weighted by atomic mass is 35.5. The normalized spacial score (nSPS) is 12.8. The van der Waals surface area contributed by atoms with Gasteiger partial charge in [0.05, 0.1) is 12.3 Å². The molecule has 1 aromatic heterocycles. The zero-order valence-electron chi connectivity index (χ0n) is 9.64. The van der Waals surface area contributed by atoms with Crippen molar-refractivity contribution in [1.29, 1.82) is 0 Å². The van der Waals surface area contributed by atoms with Crippen molar-refractivity contribution in [2.24, 2.45) is 5.73 Å². The van der Waals surface area contributed by atoms with Crippen molar-refractivity contribution in [3.05, 3.63) is 70.9 Å². The minimum atomic E-state index is -0.229. The average molecular weight is 258 g/mol. The highest BCUT2D eigenvalue weighted by Crippen LogP contribution is 2.29. The molecule has 0 bridgehead atoms. The van der Waals surface area contributed by atoms with E-state index in [4.69, 9.17) is 21.8 Å². The summed E-state index contributed by atoms with van der Waals surface area (Å²) in [6.45, 7) is 0. The van der Waals surface area contributed by atoms with E-state index in [-0.39, 0.29) is 6.04 Å². The predicted molar refractivity (Wildman–Crippen MR) is 73.7 cm³/mol. The molecule has 0 radical (unpaired) electrons. The Morgan fingerprint density at radius 1 is 1.06 bits per heavy atom. The van der Waals surface area contributed by atoms with Gasteiger partial charge < -0.3 is 10.2 Å². The Hall–Kier alpha value is -1.77. The van der Waals surface area contributed by atoms with E-state index < -0.39 is 0 Å². The van der Waals surface area contributed by atoms with Crippen LogP contribution in [0, 0.1) is 0 Å². The average Bonchev–Trinajstić information content (AvgIpc) is 2.82. The second-order valence-corrected chi connectivity index (χ2v) is 4.66. The van der Waals surface area contributed by atoms with Crippen LogP contribution in [0.4, 0.5) is 0 Å². The fourth-order valence-corrected chi connectivity index (χ4v) is 2.32. The van der Waals surface area contributed by atoms with E-state index >= 15 is 0 Å². The van der Waals surface area contributed by atoms with E-state index in [9.17, 15) is 0 Å². The molecule has 0 saturated carbocycles. The van der Waals surface area contributed by atoms with Gasteiger partial charge in [0.2, 0.25) is 0 Å². The molecule has 3 heteroatoms. The van der Waals surface area contributed by atoms with Gasteiger partial charge in [-0.1, -0.05) is 41.9 Å². The minimum Gasteiger partial charge on any atom is -0.464 e. The highest BCUT2D eigenvalue weighted by Gasteiger charge is 2.14. The second-order valence-electron chi connectivity index (χ2n) is 4.22. The van der Waals surface area contributed by atoms with Crippen LogP contribution < -0.4 is 5.73 Å². The van der Waals surface area contributed by atoms with Gasteiger partial charge in [0, 0.05) is 16.0 Å². The maximum atomic E-state index is 6.28. The van der Waals surface area contributed by atoms with Gasteiger partial charge in [-0.05, 0) is 23.8 Å². The van der Waals surface area contributed by atoms with Crippen molar-refractivity contribution in [1.82, 2.24) is 0 Å². The van der Waals surface area contributed by atoms with E-state index in [2.05, 4.69) is 0 Å². The van der Waals surface area contributed by atoms with Crippen molar-refractivity contribution in [3.63, 3.8) is 0 Å². The number of furan rings is 1. The molecule has 2 aromatic carbocycles. The molecule has 0 spiro atoms. The summed E-state index contributed by atoms with van der Waals surface area (Å²) in [6.07, 6.45) is 1.72. The number of rotatable bonds is 2. The van der Waals surface area contributed by atoms with Crippen LogP contribution in [-0.4, -0.2) is 0 Å².